The van der Waals surface area contributed by atoms with Gasteiger partial charge in [-0.1, -0.05) is 39.0 Å². The summed E-state index contributed by atoms with van der Waals surface area (Å²) in [4.78, 5) is 27.4. The Bertz CT molecular complexity index is 1270. The molecule has 0 fully saturated rings. The maximum Gasteiger partial charge on any atom is 0.254 e. The van der Waals surface area contributed by atoms with Crippen LogP contribution < -0.4 is 24.8 Å². The van der Waals surface area contributed by atoms with Gasteiger partial charge in [0, 0.05) is 34.9 Å². The van der Waals surface area contributed by atoms with Gasteiger partial charge in [0.15, 0.2) is 17.3 Å². The highest BCUT2D eigenvalue weighted by Crippen LogP contribution is 2.48. The lowest BCUT2D eigenvalue weighted by Crippen LogP contribution is -2.39. The number of amides is 1. The first kappa shape index (κ1) is 26.3. The molecule has 0 aromatic heterocycles. The zero-order chi connectivity index (χ0) is 26.7. The van der Waals surface area contributed by atoms with Gasteiger partial charge in [-0.25, -0.2) is 0 Å². The summed E-state index contributed by atoms with van der Waals surface area (Å²) < 4.78 is 16.9. The zero-order valence-corrected chi connectivity index (χ0v) is 22.5. The first-order valence-corrected chi connectivity index (χ1v) is 12.7. The van der Waals surface area contributed by atoms with E-state index >= 15 is 0 Å². The van der Waals surface area contributed by atoms with Gasteiger partial charge in [-0.05, 0) is 55.0 Å². The number of benzene rings is 2. The molecule has 0 saturated carbocycles. The quantitative estimate of drug-likeness (QED) is 0.477. The Labute approximate surface area is 218 Å². The lowest BCUT2D eigenvalue weighted by Gasteiger charge is -2.39. The minimum Gasteiger partial charge on any atom is -0.495 e. The van der Waals surface area contributed by atoms with Crippen molar-refractivity contribution in [1.82, 2.24) is 5.32 Å². The van der Waals surface area contributed by atoms with E-state index in [2.05, 4.69) is 24.5 Å². The van der Waals surface area contributed by atoms with Gasteiger partial charge in [-0.3, -0.25) is 9.59 Å². The van der Waals surface area contributed by atoms with E-state index in [1.165, 1.54) is 0 Å². The molecule has 37 heavy (non-hydrogen) atoms. The van der Waals surface area contributed by atoms with Crippen molar-refractivity contribution in [2.75, 3.05) is 26.1 Å². The second-order valence-electron chi connectivity index (χ2n) is 10.3. The molecule has 7 nitrogen and oxygen atoms in total. The molecule has 2 aliphatic rings. The second kappa shape index (κ2) is 10.7. The van der Waals surface area contributed by atoms with Crippen LogP contribution in [0.15, 0.2) is 65.0 Å². The summed E-state index contributed by atoms with van der Waals surface area (Å²) in [7, 11) is 3.16. The number of dihydropyridines is 1. The Balaban J connectivity index is 1.82. The third-order valence-electron chi connectivity index (χ3n) is 6.82. The first-order chi connectivity index (χ1) is 17.7. The maximum absolute atomic E-state index is 13.8. The third-order valence-corrected chi connectivity index (χ3v) is 6.82. The summed E-state index contributed by atoms with van der Waals surface area (Å²) in [5.41, 5.74) is 3.91. The summed E-state index contributed by atoms with van der Waals surface area (Å²) in [6, 6.07) is 12.9. The molecule has 0 bridgehead atoms. The van der Waals surface area contributed by atoms with Gasteiger partial charge in [-0.2, -0.15) is 0 Å². The number of hydrogen-bond donors (Lipinski definition) is 2. The van der Waals surface area contributed by atoms with Gasteiger partial charge in [0.1, 0.15) is 5.75 Å². The second-order valence-corrected chi connectivity index (χ2v) is 10.3. The number of para-hydroxylation sites is 2. The number of rotatable bonds is 8. The van der Waals surface area contributed by atoms with Crippen LogP contribution in [0.1, 0.15) is 58.4 Å². The van der Waals surface area contributed by atoms with Gasteiger partial charge in [0.25, 0.3) is 5.91 Å². The van der Waals surface area contributed by atoms with Crippen molar-refractivity contribution in [3.63, 3.8) is 0 Å². The maximum atomic E-state index is 13.8. The number of ketones is 1. The predicted octanol–water partition coefficient (Wildman–Crippen LogP) is 5.74. The third kappa shape index (κ3) is 5.36. The number of methoxy groups -OCH3 is 2. The Morgan fingerprint density at radius 1 is 1.05 bits per heavy atom. The highest BCUT2D eigenvalue weighted by molar-refractivity contribution is 6.10. The number of nitrogens with one attached hydrogen (secondary N) is 2. The average Bonchev–Trinajstić information content (AvgIpc) is 2.86. The van der Waals surface area contributed by atoms with E-state index in [0.717, 1.165) is 24.1 Å². The van der Waals surface area contributed by atoms with Gasteiger partial charge in [0.2, 0.25) is 0 Å². The molecule has 7 heteroatoms. The molecule has 2 aromatic carbocycles. The molecule has 0 saturated heterocycles. The van der Waals surface area contributed by atoms with Crippen LogP contribution in [0.4, 0.5) is 5.69 Å². The largest absolute Gasteiger partial charge is 0.495 e. The molecule has 1 heterocycles. The van der Waals surface area contributed by atoms with Crippen molar-refractivity contribution < 1.29 is 23.8 Å². The number of Topliss-reactive ketones (excluding diaryl/α,β-unsaturated/α-hetero) is 1. The van der Waals surface area contributed by atoms with E-state index in [1.54, 1.807) is 26.4 Å². The number of anilines is 1. The van der Waals surface area contributed by atoms with E-state index in [1.807, 2.05) is 44.2 Å². The minimum absolute atomic E-state index is 0.0455. The van der Waals surface area contributed by atoms with Crippen molar-refractivity contribution in [2.45, 2.75) is 52.9 Å². The van der Waals surface area contributed by atoms with Gasteiger partial charge >= 0.3 is 0 Å². The molecule has 196 valence electrons. The zero-order valence-electron chi connectivity index (χ0n) is 22.5. The van der Waals surface area contributed by atoms with Crippen molar-refractivity contribution >= 4 is 17.4 Å². The van der Waals surface area contributed by atoms with Crippen molar-refractivity contribution in [3.8, 4) is 17.2 Å². The van der Waals surface area contributed by atoms with Crippen LogP contribution in [0, 0.1) is 5.41 Å². The number of hydrogen-bond acceptors (Lipinski definition) is 6. The summed E-state index contributed by atoms with van der Waals surface area (Å²) in [6.07, 6.45) is 2.01. The first-order valence-electron chi connectivity index (χ1n) is 12.7. The topological polar surface area (TPSA) is 85.9 Å². The van der Waals surface area contributed by atoms with E-state index in [-0.39, 0.29) is 17.1 Å². The summed E-state index contributed by atoms with van der Waals surface area (Å²) >= 11 is 0. The fourth-order valence-electron chi connectivity index (χ4n) is 5.20. The highest BCUT2D eigenvalue weighted by Gasteiger charge is 2.43. The number of carbonyl (C=O) groups excluding carboxylic acids is 2. The van der Waals surface area contributed by atoms with Crippen LogP contribution in [0.5, 0.6) is 17.2 Å². The Morgan fingerprint density at radius 3 is 2.49 bits per heavy atom. The summed E-state index contributed by atoms with van der Waals surface area (Å²) in [5.74, 6) is 0.955. The lowest BCUT2D eigenvalue weighted by atomic mass is 9.68. The molecule has 2 N–H and O–H groups in total. The smallest absolute Gasteiger partial charge is 0.254 e. The van der Waals surface area contributed by atoms with Crippen LogP contribution in [0.2, 0.25) is 0 Å². The normalized spacial score (nSPS) is 18.6. The molecule has 0 spiro atoms. The summed E-state index contributed by atoms with van der Waals surface area (Å²) in [6.45, 7) is 8.68. The molecule has 2 aromatic rings. The van der Waals surface area contributed by atoms with Gasteiger partial charge < -0.3 is 24.8 Å². The fourth-order valence-corrected chi connectivity index (χ4v) is 5.20. The lowest BCUT2D eigenvalue weighted by molar-refractivity contribution is -0.118. The molecule has 1 atom stereocenters. The van der Waals surface area contributed by atoms with Crippen LogP contribution in [0.3, 0.4) is 0 Å². The highest BCUT2D eigenvalue weighted by atomic mass is 16.5. The Kier molecular flexibility index (Phi) is 7.62. The fraction of sp³-hybridized carbons (Fsp3) is 0.400. The minimum atomic E-state index is -0.552. The van der Waals surface area contributed by atoms with Gasteiger partial charge in [-0.15, -0.1) is 0 Å². The SMILES string of the molecule is CCCOc1ccc([C@H]2C(C(=O)Nc3ccccc3OC)=C(C)NC3=C2C(=O)CC(C)(C)C3)cc1OC. The molecule has 4 rings (SSSR count). The van der Waals surface area contributed by atoms with Crippen LogP contribution in [-0.4, -0.2) is 32.5 Å². The molecular weight excluding hydrogens is 468 g/mol. The molecule has 1 amide bonds. The monoisotopic (exact) mass is 504 g/mol. The molecule has 1 aliphatic carbocycles. The Morgan fingerprint density at radius 2 is 1.78 bits per heavy atom. The number of carbonyl (C=O) groups is 2. The van der Waals surface area contributed by atoms with Crippen molar-refractivity contribution in [1.29, 1.82) is 0 Å². The predicted molar refractivity (Wildman–Crippen MR) is 144 cm³/mol. The standard InChI is InChI=1S/C30H36N2O5/c1-7-14-37-24-13-12-19(15-25(24)36-6)27-26(29(34)32-20-10-8-9-11-23(20)35-5)18(2)31-21-16-30(3,4)17-22(33)28(21)27/h8-13,15,27,31H,7,14,16-17H2,1-6H3,(H,32,34)/t27-/m0/s1. The molecule has 0 unspecified atom stereocenters. The number of allylic oxidation sites excluding steroid dienone is 3. The molecule has 1 aliphatic heterocycles. The van der Waals surface area contributed by atoms with Crippen LogP contribution >= 0.6 is 0 Å². The van der Waals surface area contributed by atoms with E-state index in [4.69, 9.17) is 14.2 Å². The van der Waals surface area contributed by atoms with Crippen LogP contribution in [0.25, 0.3) is 0 Å². The van der Waals surface area contributed by atoms with Crippen molar-refractivity contribution in [3.05, 3.63) is 70.6 Å². The van der Waals surface area contributed by atoms with Crippen LogP contribution in [-0.2, 0) is 9.59 Å². The van der Waals surface area contributed by atoms with E-state index < -0.39 is 5.92 Å². The van der Waals surface area contributed by atoms with Gasteiger partial charge in [0.05, 0.1) is 26.5 Å². The molecule has 0 radical (unpaired) electrons. The van der Waals surface area contributed by atoms with E-state index in [0.29, 0.717) is 52.8 Å². The number of ether oxygens (including phenoxy) is 3. The molecular formula is C30H36N2O5. The Hall–Kier alpha value is -3.74. The van der Waals surface area contributed by atoms with Crippen molar-refractivity contribution in [2.24, 2.45) is 5.41 Å². The summed E-state index contributed by atoms with van der Waals surface area (Å²) in [5, 5.41) is 6.41. The van der Waals surface area contributed by atoms with E-state index in [9.17, 15) is 9.59 Å². The average molecular weight is 505 g/mol.